The van der Waals surface area contributed by atoms with Crippen LogP contribution < -0.4 is 9.64 Å². The Hall–Kier alpha value is -4.25. The van der Waals surface area contributed by atoms with Crippen molar-refractivity contribution in [2.24, 2.45) is 0 Å². The SMILES string of the molecule is C#Cc1cccc2cc(O)cc(C3Cc4nc(OC[C@@H]5CCCN5C)nc(N5CCN(C(=O)/C=C/CN6CCC(OC)CC6)CC5)c4CO3)c12.CO. The van der Waals surface area contributed by atoms with Crippen molar-refractivity contribution in [1.29, 1.82) is 0 Å². The molecule has 0 radical (unpaired) electrons. The Labute approximate surface area is 307 Å². The number of carbonyl (C=O) groups is 1. The summed E-state index contributed by atoms with van der Waals surface area (Å²) in [4.78, 5) is 31.9. The molecule has 7 rings (SSSR count). The molecule has 3 fully saturated rings. The van der Waals surface area contributed by atoms with Crippen LogP contribution in [0, 0.1) is 12.3 Å². The van der Waals surface area contributed by atoms with Crippen LogP contribution in [0.4, 0.5) is 5.82 Å². The Kier molecular flexibility index (Phi) is 12.6. The number of aliphatic hydroxyl groups is 1. The molecule has 12 nitrogen and oxygen atoms in total. The van der Waals surface area contributed by atoms with Crippen LogP contribution >= 0.6 is 0 Å². The molecule has 3 saturated heterocycles. The maximum absolute atomic E-state index is 13.1. The zero-order valence-corrected chi connectivity index (χ0v) is 30.7. The number of rotatable bonds is 9. The minimum Gasteiger partial charge on any atom is -0.508 e. The van der Waals surface area contributed by atoms with Crippen molar-refractivity contribution in [1.82, 2.24) is 24.7 Å². The van der Waals surface area contributed by atoms with E-state index in [-0.39, 0.29) is 17.8 Å². The van der Waals surface area contributed by atoms with Gasteiger partial charge >= 0.3 is 6.01 Å². The molecule has 0 bridgehead atoms. The number of amides is 1. The van der Waals surface area contributed by atoms with Gasteiger partial charge in [0.25, 0.3) is 0 Å². The molecule has 3 aromatic rings. The molecular weight excluding hydrogens is 660 g/mol. The number of phenols is 1. The lowest BCUT2D eigenvalue weighted by Crippen LogP contribution is -2.49. The van der Waals surface area contributed by atoms with Crippen molar-refractivity contribution in [2.45, 2.75) is 57.0 Å². The molecule has 0 aliphatic carbocycles. The average molecular weight is 713 g/mol. The van der Waals surface area contributed by atoms with E-state index in [4.69, 9.17) is 35.7 Å². The first-order valence-electron chi connectivity index (χ1n) is 18.4. The van der Waals surface area contributed by atoms with E-state index in [0.717, 1.165) is 97.9 Å². The first kappa shape index (κ1) is 37.5. The highest BCUT2D eigenvalue weighted by atomic mass is 16.5. The van der Waals surface area contributed by atoms with Crippen LogP contribution in [0.1, 0.15) is 54.2 Å². The second-order valence-electron chi connectivity index (χ2n) is 13.9. The molecule has 4 aliphatic rings. The van der Waals surface area contributed by atoms with Gasteiger partial charge in [-0.2, -0.15) is 9.97 Å². The molecule has 0 saturated carbocycles. The first-order valence-corrected chi connectivity index (χ1v) is 18.4. The molecule has 2 N–H and O–H groups in total. The number of methoxy groups -OCH3 is 1. The van der Waals surface area contributed by atoms with E-state index >= 15 is 0 Å². The van der Waals surface area contributed by atoms with Gasteiger partial charge in [0.15, 0.2) is 0 Å². The summed E-state index contributed by atoms with van der Waals surface area (Å²) in [6.07, 6.45) is 14.4. The molecule has 12 heteroatoms. The number of piperidine rings is 1. The molecule has 1 amide bonds. The molecule has 5 heterocycles. The molecular formula is C40H52N6O6. The molecule has 2 aromatic carbocycles. The molecule has 2 atom stereocenters. The predicted molar refractivity (Wildman–Crippen MR) is 201 cm³/mol. The van der Waals surface area contributed by atoms with Gasteiger partial charge in [-0.1, -0.05) is 24.1 Å². The number of fused-ring (bicyclic) bond motifs is 2. The number of benzene rings is 2. The van der Waals surface area contributed by atoms with Crippen molar-refractivity contribution < 1.29 is 29.2 Å². The van der Waals surface area contributed by atoms with Gasteiger partial charge in [0.2, 0.25) is 5.91 Å². The maximum Gasteiger partial charge on any atom is 0.318 e. The lowest BCUT2D eigenvalue weighted by atomic mass is 9.92. The van der Waals surface area contributed by atoms with Gasteiger partial charge in [0.05, 0.1) is 24.5 Å². The number of aromatic nitrogens is 2. The third-order valence-corrected chi connectivity index (χ3v) is 10.8. The number of hydrogen-bond acceptors (Lipinski definition) is 11. The van der Waals surface area contributed by atoms with Crippen LogP contribution in [0.5, 0.6) is 11.8 Å². The van der Waals surface area contributed by atoms with Gasteiger partial charge in [0, 0.05) is 95.1 Å². The summed E-state index contributed by atoms with van der Waals surface area (Å²) in [5.41, 5.74) is 3.40. The lowest BCUT2D eigenvalue weighted by Gasteiger charge is -2.37. The molecule has 278 valence electrons. The molecule has 52 heavy (non-hydrogen) atoms. The Morgan fingerprint density at radius 1 is 1.08 bits per heavy atom. The summed E-state index contributed by atoms with van der Waals surface area (Å²) in [7, 11) is 4.91. The second-order valence-corrected chi connectivity index (χ2v) is 13.9. The molecule has 4 aliphatic heterocycles. The third kappa shape index (κ3) is 8.51. The number of likely N-dealkylation sites (N-methyl/N-ethyl adjacent to an activating group) is 1. The Balaban J connectivity index is 0.00000228. The van der Waals surface area contributed by atoms with Crippen molar-refractivity contribution in [3.63, 3.8) is 0 Å². The summed E-state index contributed by atoms with van der Waals surface area (Å²) in [6, 6.07) is 9.94. The largest absolute Gasteiger partial charge is 0.508 e. The zero-order chi connectivity index (χ0) is 36.6. The number of carbonyl (C=O) groups excluding carboxylic acids is 1. The Morgan fingerprint density at radius 3 is 2.58 bits per heavy atom. The van der Waals surface area contributed by atoms with Crippen molar-refractivity contribution in [2.75, 3.05) is 85.1 Å². The van der Waals surface area contributed by atoms with E-state index in [1.165, 1.54) is 0 Å². The smallest absolute Gasteiger partial charge is 0.318 e. The maximum atomic E-state index is 13.1. The van der Waals surface area contributed by atoms with E-state index in [1.807, 2.05) is 29.2 Å². The molecule has 0 spiro atoms. The summed E-state index contributed by atoms with van der Waals surface area (Å²) in [5, 5.41) is 19.4. The standard InChI is InChI=1S/C39H48N6O5.CH4O/c1-4-27-8-5-9-28-22-30(46)23-32(37(27)28)35-24-34-33(26-49-35)38(41-39(40-34)50-25-29-10-6-14-42(29)2)45-20-18-44(19-21-45)36(47)11-7-15-43-16-12-31(48-3)13-17-43;1-2/h1,5,7-9,11,22-23,29,31,35,46H,6,10,12-21,24-26H2,2-3H3;2H,1H3/b11-7+;/t29-,35?;/m0./s1. The van der Waals surface area contributed by atoms with Crippen LogP contribution in [0.3, 0.4) is 0 Å². The normalized spacial score (nSPS) is 21.5. The highest BCUT2D eigenvalue weighted by Gasteiger charge is 2.32. The summed E-state index contributed by atoms with van der Waals surface area (Å²) in [6.45, 7) is 7.12. The Bertz CT molecular complexity index is 1760. The first-order chi connectivity index (χ1) is 25.4. The zero-order valence-electron chi connectivity index (χ0n) is 30.7. The number of phenolic OH excluding ortho intramolecular Hbond substituents is 1. The van der Waals surface area contributed by atoms with Crippen LogP contribution in [-0.4, -0.2) is 133 Å². The summed E-state index contributed by atoms with van der Waals surface area (Å²) >= 11 is 0. The van der Waals surface area contributed by atoms with E-state index in [1.54, 1.807) is 25.3 Å². The van der Waals surface area contributed by atoms with Gasteiger partial charge in [-0.05, 0) is 68.4 Å². The van der Waals surface area contributed by atoms with E-state index < -0.39 is 0 Å². The van der Waals surface area contributed by atoms with E-state index in [9.17, 15) is 9.90 Å². The molecule has 1 aromatic heterocycles. The summed E-state index contributed by atoms with van der Waals surface area (Å²) in [5.74, 6) is 3.81. The Morgan fingerprint density at radius 2 is 1.87 bits per heavy atom. The highest BCUT2D eigenvalue weighted by molar-refractivity contribution is 5.92. The van der Waals surface area contributed by atoms with Crippen molar-refractivity contribution >= 4 is 22.5 Å². The fourth-order valence-electron chi connectivity index (χ4n) is 7.81. The van der Waals surface area contributed by atoms with Crippen LogP contribution in [-0.2, 0) is 27.3 Å². The van der Waals surface area contributed by atoms with Gasteiger partial charge in [-0.15, -0.1) is 6.42 Å². The van der Waals surface area contributed by atoms with Gasteiger partial charge in [-0.3, -0.25) is 9.69 Å². The number of anilines is 1. The topological polar surface area (TPSA) is 124 Å². The van der Waals surface area contributed by atoms with Crippen LogP contribution in [0.15, 0.2) is 42.5 Å². The number of piperazine rings is 1. The second kappa shape index (κ2) is 17.5. The van der Waals surface area contributed by atoms with Gasteiger partial charge in [-0.25, -0.2) is 0 Å². The third-order valence-electron chi connectivity index (χ3n) is 10.8. The lowest BCUT2D eigenvalue weighted by molar-refractivity contribution is -0.126. The minimum absolute atomic E-state index is 0.0432. The minimum atomic E-state index is -0.365. The van der Waals surface area contributed by atoms with Crippen molar-refractivity contribution in [3.05, 3.63) is 64.9 Å². The number of terminal acetylenes is 1. The molecule has 1 unspecified atom stereocenters. The highest BCUT2D eigenvalue weighted by Crippen LogP contribution is 2.40. The number of hydrogen-bond donors (Lipinski definition) is 2. The number of ether oxygens (including phenoxy) is 3. The number of nitrogens with zero attached hydrogens (tertiary/aromatic N) is 6. The van der Waals surface area contributed by atoms with E-state index in [2.05, 4.69) is 27.7 Å². The number of aliphatic hydroxyl groups excluding tert-OH is 1. The summed E-state index contributed by atoms with van der Waals surface area (Å²) < 4.78 is 18.3. The fraction of sp³-hybridized carbons (Fsp3) is 0.525. The van der Waals surface area contributed by atoms with Crippen molar-refractivity contribution in [3.8, 4) is 24.1 Å². The van der Waals surface area contributed by atoms with E-state index in [0.29, 0.717) is 64.0 Å². The van der Waals surface area contributed by atoms with Crippen LogP contribution in [0.25, 0.3) is 10.8 Å². The van der Waals surface area contributed by atoms with Gasteiger partial charge in [0.1, 0.15) is 18.2 Å². The quantitative estimate of drug-likeness (QED) is 0.250. The number of likely N-dealkylation sites (tertiary alicyclic amines) is 2. The predicted octanol–water partition coefficient (Wildman–Crippen LogP) is 3.53. The number of aromatic hydroxyl groups is 1. The van der Waals surface area contributed by atoms with Gasteiger partial charge < -0.3 is 39.1 Å². The monoisotopic (exact) mass is 712 g/mol. The fourth-order valence-corrected chi connectivity index (χ4v) is 7.81. The average Bonchev–Trinajstić information content (AvgIpc) is 3.60. The van der Waals surface area contributed by atoms with Crippen LogP contribution in [0.2, 0.25) is 0 Å².